The van der Waals surface area contributed by atoms with Crippen molar-refractivity contribution in [2.75, 3.05) is 19.6 Å². The number of likely N-dealkylation sites (tertiary alicyclic amines) is 1. The van der Waals surface area contributed by atoms with Crippen LogP contribution in [0.4, 0.5) is 0 Å². The van der Waals surface area contributed by atoms with Gasteiger partial charge in [-0.3, -0.25) is 4.79 Å². The number of carbonyl (C=O) groups excluding carboxylic acids is 1. The molecule has 2 aliphatic rings. The van der Waals surface area contributed by atoms with E-state index >= 15 is 0 Å². The maximum absolute atomic E-state index is 10.9. The SMILES string of the molecule is O=C1CCN1CCC1CCCN1. The quantitative estimate of drug-likeness (QED) is 0.617. The third kappa shape index (κ3) is 1.61. The molecule has 2 fully saturated rings. The Hall–Kier alpha value is -0.570. The first-order valence-electron chi connectivity index (χ1n) is 4.87. The van der Waals surface area contributed by atoms with Crippen LogP contribution in [0.3, 0.4) is 0 Å². The number of β-lactam (4-membered cyclic amide) rings is 1. The van der Waals surface area contributed by atoms with E-state index in [9.17, 15) is 4.79 Å². The standard InChI is InChI=1S/C9H16N2O/c12-9-4-7-11(9)6-3-8-2-1-5-10-8/h8,10H,1-7H2. The van der Waals surface area contributed by atoms with Crippen molar-refractivity contribution in [3.05, 3.63) is 0 Å². The molecule has 2 saturated heterocycles. The summed E-state index contributed by atoms with van der Waals surface area (Å²) in [5.74, 6) is 0.341. The molecule has 2 aliphatic heterocycles. The molecule has 2 heterocycles. The van der Waals surface area contributed by atoms with E-state index in [1.807, 2.05) is 4.90 Å². The highest BCUT2D eigenvalue weighted by molar-refractivity contribution is 5.81. The number of hydrogen-bond donors (Lipinski definition) is 1. The number of rotatable bonds is 3. The van der Waals surface area contributed by atoms with Gasteiger partial charge < -0.3 is 10.2 Å². The molecular weight excluding hydrogens is 152 g/mol. The summed E-state index contributed by atoms with van der Waals surface area (Å²) in [7, 11) is 0. The molecule has 1 amide bonds. The molecule has 0 aromatic rings. The van der Waals surface area contributed by atoms with Crippen molar-refractivity contribution in [1.29, 1.82) is 0 Å². The Morgan fingerprint density at radius 1 is 1.58 bits per heavy atom. The molecule has 68 valence electrons. The summed E-state index contributed by atoms with van der Waals surface area (Å²) in [6.07, 6.45) is 4.52. The second-order valence-corrected chi connectivity index (χ2v) is 3.71. The van der Waals surface area contributed by atoms with E-state index in [1.54, 1.807) is 0 Å². The Balaban J connectivity index is 1.64. The van der Waals surface area contributed by atoms with Gasteiger partial charge in [-0.1, -0.05) is 0 Å². The minimum Gasteiger partial charge on any atom is -0.342 e. The van der Waals surface area contributed by atoms with Crippen LogP contribution in [0.1, 0.15) is 25.7 Å². The zero-order valence-electron chi connectivity index (χ0n) is 7.38. The molecule has 0 bridgehead atoms. The molecule has 0 aliphatic carbocycles. The van der Waals surface area contributed by atoms with Crippen molar-refractivity contribution in [2.24, 2.45) is 0 Å². The monoisotopic (exact) mass is 168 g/mol. The number of carbonyl (C=O) groups is 1. The van der Waals surface area contributed by atoms with E-state index in [0.29, 0.717) is 11.9 Å². The summed E-state index contributed by atoms with van der Waals surface area (Å²) in [6.45, 7) is 3.13. The molecule has 3 heteroatoms. The molecule has 1 atom stereocenters. The Morgan fingerprint density at radius 2 is 2.50 bits per heavy atom. The molecule has 2 rings (SSSR count). The summed E-state index contributed by atoms with van der Waals surface area (Å²) in [5, 5.41) is 3.44. The second kappa shape index (κ2) is 3.44. The zero-order valence-corrected chi connectivity index (χ0v) is 7.38. The van der Waals surface area contributed by atoms with E-state index in [4.69, 9.17) is 0 Å². The van der Waals surface area contributed by atoms with Crippen LogP contribution in [0.5, 0.6) is 0 Å². The van der Waals surface area contributed by atoms with Crippen LogP contribution >= 0.6 is 0 Å². The lowest BCUT2D eigenvalue weighted by Gasteiger charge is -2.31. The van der Waals surface area contributed by atoms with Crippen molar-refractivity contribution in [1.82, 2.24) is 10.2 Å². The van der Waals surface area contributed by atoms with Gasteiger partial charge in [0, 0.05) is 25.6 Å². The topological polar surface area (TPSA) is 32.3 Å². The maximum Gasteiger partial charge on any atom is 0.224 e. The largest absolute Gasteiger partial charge is 0.342 e. The van der Waals surface area contributed by atoms with Crippen LogP contribution in [-0.2, 0) is 4.79 Å². The highest BCUT2D eigenvalue weighted by Crippen LogP contribution is 2.13. The summed E-state index contributed by atoms with van der Waals surface area (Å²) in [4.78, 5) is 12.9. The zero-order chi connectivity index (χ0) is 8.39. The average molecular weight is 168 g/mol. The fraction of sp³-hybridized carbons (Fsp3) is 0.889. The van der Waals surface area contributed by atoms with Gasteiger partial charge in [0.25, 0.3) is 0 Å². The van der Waals surface area contributed by atoms with Crippen molar-refractivity contribution < 1.29 is 4.79 Å². The van der Waals surface area contributed by atoms with Crippen LogP contribution in [0.25, 0.3) is 0 Å². The van der Waals surface area contributed by atoms with E-state index in [-0.39, 0.29) is 0 Å². The molecule has 0 aromatic carbocycles. The van der Waals surface area contributed by atoms with Crippen molar-refractivity contribution >= 4 is 5.91 Å². The predicted octanol–water partition coefficient (Wildman–Crippen LogP) is 0.361. The Kier molecular flexibility index (Phi) is 2.30. The number of amides is 1. The lowest BCUT2D eigenvalue weighted by atomic mass is 10.1. The first-order valence-corrected chi connectivity index (χ1v) is 4.87. The van der Waals surface area contributed by atoms with Gasteiger partial charge in [-0.25, -0.2) is 0 Å². The highest BCUT2D eigenvalue weighted by atomic mass is 16.2. The lowest BCUT2D eigenvalue weighted by Crippen LogP contribution is -2.45. The molecular formula is C9H16N2O. The molecule has 0 radical (unpaired) electrons. The highest BCUT2D eigenvalue weighted by Gasteiger charge is 2.24. The predicted molar refractivity (Wildman–Crippen MR) is 46.8 cm³/mol. The summed E-state index contributed by atoms with van der Waals surface area (Å²) >= 11 is 0. The third-order valence-electron chi connectivity index (χ3n) is 2.86. The Morgan fingerprint density at radius 3 is 3.00 bits per heavy atom. The van der Waals surface area contributed by atoms with Crippen LogP contribution in [0.15, 0.2) is 0 Å². The molecule has 3 nitrogen and oxygen atoms in total. The van der Waals surface area contributed by atoms with E-state index in [0.717, 1.165) is 25.9 Å². The number of nitrogens with one attached hydrogen (secondary N) is 1. The van der Waals surface area contributed by atoms with Gasteiger partial charge in [0.05, 0.1) is 0 Å². The summed E-state index contributed by atoms with van der Waals surface area (Å²) < 4.78 is 0. The van der Waals surface area contributed by atoms with E-state index in [1.165, 1.54) is 19.4 Å². The van der Waals surface area contributed by atoms with Crippen LogP contribution in [-0.4, -0.2) is 36.5 Å². The number of hydrogen-bond acceptors (Lipinski definition) is 2. The molecule has 0 aromatic heterocycles. The van der Waals surface area contributed by atoms with Crippen molar-refractivity contribution in [3.8, 4) is 0 Å². The molecule has 12 heavy (non-hydrogen) atoms. The van der Waals surface area contributed by atoms with Gasteiger partial charge in [0.2, 0.25) is 5.91 Å². The fourth-order valence-corrected chi connectivity index (χ4v) is 1.91. The minimum atomic E-state index is 0.341. The first kappa shape index (κ1) is 8.05. The Labute approximate surface area is 73.1 Å². The number of nitrogens with zero attached hydrogens (tertiary/aromatic N) is 1. The van der Waals surface area contributed by atoms with Crippen LogP contribution < -0.4 is 5.32 Å². The molecule has 1 unspecified atom stereocenters. The second-order valence-electron chi connectivity index (χ2n) is 3.71. The van der Waals surface area contributed by atoms with Crippen LogP contribution in [0.2, 0.25) is 0 Å². The van der Waals surface area contributed by atoms with Gasteiger partial charge in [0.15, 0.2) is 0 Å². The fourth-order valence-electron chi connectivity index (χ4n) is 1.91. The van der Waals surface area contributed by atoms with Crippen molar-refractivity contribution in [3.63, 3.8) is 0 Å². The minimum absolute atomic E-state index is 0.341. The maximum atomic E-state index is 10.9. The first-order chi connectivity index (χ1) is 5.86. The van der Waals surface area contributed by atoms with Crippen molar-refractivity contribution in [2.45, 2.75) is 31.7 Å². The average Bonchev–Trinajstić information content (AvgIpc) is 2.54. The molecule has 0 spiro atoms. The van der Waals surface area contributed by atoms with E-state index in [2.05, 4.69) is 5.32 Å². The summed E-state index contributed by atoms with van der Waals surface area (Å²) in [6, 6.07) is 0.679. The smallest absolute Gasteiger partial charge is 0.224 e. The van der Waals surface area contributed by atoms with Crippen LogP contribution in [0, 0.1) is 0 Å². The summed E-state index contributed by atoms with van der Waals surface area (Å²) in [5.41, 5.74) is 0. The van der Waals surface area contributed by atoms with Gasteiger partial charge in [0.1, 0.15) is 0 Å². The third-order valence-corrected chi connectivity index (χ3v) is 2.86. The van der Waals surface area contributed by atoms with Gasteiger partial charge >= 0.3 is 0 Å². The van der Waals surface area contributed by atoms with Gasteiger partial charge in [-0.15, -0.1) is 0 Å². The molecule has 0 saturated carbocycles. The van der Waals surface area contributed by atoms with Gasteiger partial charge in [-0.2, -0.15) is 0 Å². The lowest BCUT2D eigenvalue weighted by molar-refractivity contribution is -0.139. The molecule has 1 N–H and O–H groups in total. The normalized spacial score (nSPS) is 29.2. The Bertz CT molecular complexity index is 175. The van der Waals surface area contributed by atoms with Gasteiger partial charge in [-0.05, 0) is 25.8 Å². The van der Waals surface area contributed by atoms with E-state index < -0.39 is 0 Å².